The Balaban J connectivity index is 1.97. The number of rotatable bonds is 4. The number of amides is 1. The third kappa shape index (κ3) is 3.33. The van der Waals surface area contributed by atoms with Gasteiger partial charge in [-0.2, -0.15) is 0 Å². The molecule has 3 heteroatoms. The van der Waals surface area contributed by atoms with Crippen molar-refractivity contribution in [2.24, 2.45) is 5.92 Å². The average molecular weight is 246 g/mol. The summed E-state index contributed by atoms with van der Waals surface area (Å²) in [6.45, 7) is 5.45. The second-order valence-electron chi connectivity index (χ2n) is 4.88. The van der Waals surface area contributed by atoms with E-state index in [0.29, 0.717) is 5.91 Å². The molecule has 1 amide bonds. The first-order chi connectivity index (χ1) is 8.81. The van der Waals surface area contributed by atoms with Crippen molar-refractivity contribution >= 4 is 5.91 Å². The second-order valence-corrected chi connectivity index (χ2v) is 4.88. The molecule has 1 aromatic rings. The quantitative estimate of drug-likeness (QED) is 0.881. The van der Waals surface area contributed by atoms with Crippen molar-refractivity contribution < 1.29 is 4.79 Å². The zero-order valence-electron chi connectivity index (χ0n) is 11.1. The van der Waals surface area contributed by atoms with Gasteiger partial charge in [-0.15, -0.1) is 0 Å². The Morgan fingerprint density at radius 2 is 2.17 bits per heavy atom. The van der Waals surface area contributed by atoms with Crippen LogP contribution in [0.3, 0.4) is 0 Å². The van der Waals surface area contributed by atoms with Crippen LogP contribution in [0.15, 0.2) is 30.3 Å². The highest BCUT2D eigenvalue weighted by Crippen LogP contribution is 2.15. The number of benzene rings is 1. The summed E-state index contributed by atoms with van der Waals surface area (Å²) in [4.78, 5) is 14.4. The van der Waals surface area contributed by atoms with Crippen molar-refractivity contribution in [2.75, 3.05) is 19.6 Å². The van der Waals surface area contributed by atoms with Crippen LogP contribution in [0, 0.1) is 5.92 Å². The molecule has 1 fully saturated rings. The van der Waals surface area contributed by atoms with Gasteiger partial charge in [0.1, 0.15) is 0 Å². The molecule has 1 N–H and O–H groups in total. The number of piperidine rings is 1. The maximum Gasteiger partial charge on any atom is 0.227 e. The third-order valence-electron chi connectivity index (χ3n) is 3.56. The van der Waals surface area contributed by atoms with Gasteiger partial charge in [0.2, 0.25) is 5.91 Å². The molecule has 18 heavy (non-hydrogen) atoms. The first kappa shape index (κ1) is 13.1. The molecule has 1 aromatic carbocycles. The Morgan fingerprint density at radius 1 is 1.39 bits per heavy atom. The molecule has 1 aliphatic heterocycles. The molecule has 1 saturated heterocycles. The van der Waals surface area contributed by atoms with Crippen molar-refractivity contribution in [3.63, 3.8) is 0 Å². The van der Waals surface area contributed by atoms with Crippen LogP contribution in [0.1, 0.15) is 25.3 Å². The lowest BCUT2D eigenvalue weighted by Crippen LogP contribution is -2.42. The fourth-order valence-electron chi connectivity index (χ4n) is 2.47. The summed E-state index contributed by atoms with van der Waals surface area (Å²) >= 11 is 0. The second kappa shape index (κ2) is 6.55. The van der Waals surface area contributed by atoms with E-state index in [-0.39, 0.29) is 5.92 Å². The van der Waals surface area contributed by atoms with Gasteiger partial charge in [0.15, 0.2) is 0 Å². The topological polar surface area (TPSA) is 32.3 Å². The minimum absolute atomic E-state index is 0.169. The summed E-state index contributed by atoms with van der Waals surface area (Å²) < 4.78 is 0. The lowest BCUT2D eigenvalue weighted by Gasteiger charge is -2.29. The van der Waals surface area contributed by atoms with Crippen molar-refractivity contribution in [1.29, 1.82) is 0 Å². The van der Waals surface area contributed by atoms with Crippen molar-refractivity contribution in [2.45, 2.75) is 26.3 Å². The van der Waals surface area contributed by atoms with E-state index in [2.05, 4.69) is 24.4 Å². The van der Waals surface area contributed by atoms with Gasteiger partial charge in [0.05, 0.1) is 5.92 Å². The number of carbonyl (C=O) groups is 1. The molecule has 2 rings (SSSR count). The van der Waals surface area contributed by atoms with Crippen LogP contribution >= 0.6 is 0 Å². The lowest BCUT2D eigenvalue weighted by atomic mass is 9.98. The van der Waals surface area contributed by atoms with Gasteiger partial charge in [-0.05, 0) is 31.9 Å². The summed E-state index contributed by atoms with van der Waals surface area (Å²) in [6.07, 6.45) is 2.14. The molecule has 1 atom stereocenters. The van der Waals surface area contributed by atoms with E-state index < -0.39 is 0 Å². The first-order valence-corrected chi connectivity index (χ1v) is 6.84. The highest BCUT2D eigenvalue weighted by atomic mass is 16.2. The fraction of sp³-hybridized carbons (Fsp3) is 0.533. The van der Waals surface area contributed by atoms with Gasteiger partial charge in [-0.1, -0.05) is 30.3 Å². The Bertz CT molecular complexity index is 371. The SMILES string of the molecule is CCN(Cc1ccccc1)C(=O)[C@@H]1CCCNC1. The molecule has 3 nitrogen and oxygen atoms in total. The maximum absolute atomic E-state index is 12.4. The van der Waals surface area contributed by atoms with E-state index in [9.17, 15) is 4.79 Å². The average Bonchev–Trinajstić information content (AvgIpc) is 2.46. The van der Waals surface area contributed by atoms with Crippen molar-refractivity contribution in [3.05, 3.63) is 35.9 Å². The van der Waals surface area contributed by atoms with Gasteiger partial charge in [0.25, 0.3) is 0 Å². The molecule has 0 saturated carbocycles. The summed E-state index contributed by atoms with van der Waals surface area (Å²) in [5.41, 5.74) is 1.21. The molecule has 98 valence electrons. The molecule has 1 heterocycles. The molecule has 0 bridgehead atoms. The Morgan fingerprint density at radius 3 is 2.78 bits per heavy atom. The smallest absolute Gasteiger partial charge is 0.227 e. The molecule has 1 aliphatic rings. The van der Waals surface area contributed by atoms with Crippen LogP contribution in [0.4, 0.5) is 0 Å². The molecule has 0 aromatic heterocycles. The maximum atomic E-state index is 12.4. The number of nitrogens with zero attached hydrogens (tertiary/aromatic N) is 1. The van der Waals surface area contributed by atoms with Crippen molar-refractivity contribution in [3.8, 4) is 0 Å². The minimum atomic E-state index is 0.169. The van der Waals surface area contributed by atoms with Crippen LogP contribution in [-0.4, -0.2) is 30.4 Å². The van der Waals surface area contributed by atoms with E-state index in [1.807, 2.05) is 23.1 Å². The van der Waals surface area contributed by atoms with Gasteiger partial charge in [-0.25, -0.2) is 0 Å². The van der Waals surface area contributed by atoms with Crippen LogP contribution in [-0.2, 0) is 11.3 Å². The normalized spacial score (nSPS) is 19.5. The number of carbonyl (C=O) groups excluding carboxylic acids is 1. The van der Waals surface area contributed by atoms with Crippen molar-refractivity contribution in [1.82, 2.24) is 10.2 Å². The highest BCUT2D eigenvalue weighted by molar-refractivity contribution is 5.79. The van der Waals surface area contributed by atoms with E-state index >= 15 is 0 Å². The molecule has 0 spiro atoms. The van der Waals surface area contributed by atoms with Crippen LogP contribution < -0.4 is 5.32 Å². The monoisotopic (exact) mass is 246 g/mol. The van der Waals surface area contributed by atoms with E-state index in [4.69, 9.17) is 0 Å². The van der Waals surface area contributed by atoms with Gasteiger partial charge < -0.3 is 10.2 Å². The van der Waals surface area contributed by atoms with Gasteiger partial charge in [0, 0.05) is 19.6 Å². The number of hydrogen-bond donors (Lipinski definition) is 1. The number of nitrogens with one attached hydrogen (secondary N) is 1. The number of hydrogen-bond acceptors (Lipinski definition) is 2. The molecule has 0 radical (unpaired) electrons. The molecule has 0 unspecified atom stereocenters. The fourth-order valence-corrected chi connectivity index (χ4v) is 2.47. The molecular formula is C15H22N2O. The highest BCUT2D eigenvalue weighted by Gasteiger charge is 2.24. The summed E-state index contributed by atoms with van der Waals surface area (Å²) in [6, 6.07) is 10.2. The summed E-state index contributed by atoms with van der Waals surface area (Å²) in [7, 11) is 0. The molecule has 0 aliphatic carbocycles. The van der Waals surface area contributed by atoms with E-state index in [0.717, 1.165) is 39.0 Å². The Hall–Kier alpha value is -1.35. The zero-order valence-corrected chi connectivity index (χ0v) is 11.1. The predicted molar refractivity (Wildman–Crippen MR) is 73.1 cm³/mol. The van der Waals surface area contributed by atoms with E-state index in [1.54, 1.807) is 0 Å². The van der Waals surface area contributed by atoms with Gasteiger partial charge >= 0.3 is 0 Å². The Labute approximate surface area is 109 Å². The zero-order chi connectivity index (χ0) is 12.8. The van der Waals surface area contributed by atoms with Gasteiger partial charge in [-0.3, -0.25) is 4.79 Å². The third-order valence-corrected chi connectivity index (χ3v) is 3.56. The minimum Gasteiger partial charge on any atom is -0.338 e. The predicted octanol–water partition coefficient (Wildman–Crippen LogP) is 2.03. The summed E-state index contributed by atoms with van der Waals surface area (Å²) in [5.74, 6) is 0.468. The largest absolute Gasteiger partial charge is 0.338 e. The lowest BCUT2D eigenvalue weighted by molar-refractivity contribution is -0.136. The molecular weight excluding hydrogens is 224 g/mol. The van der Waals surface area contributed by atoms with Crippen LogP contribution in [0.2, 0.25) is 0 Å². The van der Waals surface area contributed by atoms with Crippen LogP contribution in [0.25, 0.3) is 0 Å². The standard InChI is InChI=1S/C15H22N2O/c1-2-17(12-13-7-4-3-5-8-13)15(18)14-9-6-10-16-11-14/h3-5,7-8,14,16H,2,6,9-12H2,1H3/t14-/m1/s1. The van der Waals surface area contributed by atoms with E-state index in [1.165, 1.54) is 5.56 Å². The Kier molecular flexibility index (Phi) is 4.76. The first-order valence-electron chi connectivity index (χ1n) is 6.84. The summed E-state index contributed by atoms with van der Waals surface area (Å²) in [5, 5.41) is 3.31. The van der Waals surface area contributed by atoms with Crippen LogP contribution in [0.5, 0.6) is 0 Å².